The van der Waals surface area contributed by atoms with Gasteiger partial charge in [-0.05, 0) is 56.4 Å². The first-order chi connectivity index (χ1) is 15.1. The van der Waals surface area contributed by atoms with Crippen molar-refractivity contribution in [2.24, 2.45) is 0 Å². The highest BCUT2D eigenvalue weighted by molar-refractivity contribution is 9.10. The number of esters is 1. The largest absolute Gasteiger partial charge is 0.507 e. The van der Waals surface area contributed by atoms with Crippen molar-refractivity contribution in [3.05, 3.63) is 69.2 Å². The summed E-state index contributed by atoms with van der Waals surface area (Å²) in [5, 5.41) is 11.1. The molecule has 0 spiro atoms. The maximum atomic E-state index is 13.1. The molecule has 1 amide bonds. The number of likely N-dealkylation sites (tertiary alicyclic amines) is 1. The molecule has 2 aromatic rings. The SMILES string of the molecule is CC(=O)Oc1cccc(C2/C(=C(/O)c3ccc(Br)c(C)c3)C(=O)C(=O)N2CCN(C)C)c1. The second kappa shape index (κ2) is 9.67. The van der Waals surface area contributed by atoms with E-state index in [1.54, 1.807) is 42.5 Å². The highest BCUT2D eigenvalue weighted by Crippen LogP contribution is 2.40. The van der Waals surface area contributed by atoms with Crippen molar-refractivity contribution in [1.82, 2.24) is 9.80 Å². The van der Waals surface area contributed by atoms with Crippen LogP contribution in [0.15, 0.2) is 52.5 Å². The number of aryl methyl sites for hydroxylation is 1. The molecule has 168 valence electrons. The van der Waals surface area contributed by atoms with Crippen LogP contribution < -0.4 is 4.74 Å². The number of benzene rings is 2. The summed E-state index contributed by atoms with van der Waals surface area (Å²) in [4.78, 5) is 40.8. The Morgan fingerprint density at radius 2 is 1.91 bits per heavy atom. The third kappa shape index (κ3) is 4.92. The standard InChI is InChI=1S/C24H25BrN2O5/c1-14-12-17(8-9-19(14)25)22(29)20-21(16-6-5-7-18(13-16)32-15(2)28)27(11-10-26(3)4)24(31)23(20)30/h5-9,12-13,21,29H,10-11H2,1-4H3/b22-20-. The smallest absolute Gasteiger partial charge is 0.308 e. The summed E-state index contributed by atoms with van der Waals surface area (Å²) >= 11 is 3.43. The number of ether oxygens (including phenoxy) is 1. The lowest BCUT2D eigenvalue weighted by Gasteiger charge is -2.26. The Morgan fingerprint density at radius 3 is 2.53 bits per heavy atom. The minimum Gasteiger partial charge on any atom is -0.507 e. The van der Waals surface area contributed by atoms with E-state index in [9.17, 15) is 19.5 Å². The third-order valence-corrected chi connectivity index (χ3v) is 6.08. The molecule has 0 saturated carbocycles. The summed E-state index contributed by atoms with van der Waals surface area (Å²) in [5.41, 5.74) is 1.90. The maximum Gasteiger partial charge on any atom is 0.308 e. The number of Topliss-reactive ketones (excluding diaryl/α,β-unsaturated/α-hetero) is 1. The minimum atomic E-state index is -0.811. The van der Waals surface area contributed by atoms with Crippen LogP contribution in [0.1, 0.15) is 29.7 Å². The minimum absolute atomic E-state index is 0.00968. The lowest BCUT2D eigenvalue weighted by atomic mass is 9.94. The molecule has 2 aromatic carbocycles. The van der Waals surface area contributed by atoms with Gasteiger partial charge in [-0.1, -0.05) is 34.1 Å². The highest BCUT2D eigenvalue weighted by atomic mass is 79.9. The van der Waals surface area contributed by atoms with Gasteiger partial charge in [0.25, 0.3) is 11.7 Å². The van der Waals surface area contributed by atoms with E-state index in [4.69, 9.17) is 4.74 Å². The number of likely N-dealkylation sites (N-methyl/N-ethyl adjacent to an activating group) is 1. The Morgan fingerprint density at radius 1 is 1.19 bits per heavy atom. The topological polar surface area (TPSA) is 87.1 Å². The van der Waals surface area contributed by atoms with Crippen molar-refractivity contribution in [3.8, 4) is 5.75 Å². The molecule has 0 radical (unpaired) electrons. The highest BCUT2D eigenvalue weighted by Gasteiger charge is 2.46. The summed E-state index contributed by atoms with van der Waals surface area (Å²) in [7, 11) is 3.75. The number of ketones is 1. The molecule has 1 fully saturated rings. The Labute approximate surface area is 195 Å². The number of carbonyl (C=O) groups is 3. The van der Waals surface area contributed by atoms with Crippen molar-refractivity contribution in [2.75, 3.05) is 27.2 Å². The molecule has 1 aliphatic rings. The molecule has 1 unspecified atom stereocenters. The fourth-order valence-corrected chi connectivity index (χ4v) is 3.87. The van der Waals surface area contributed by atoms with Crippen molar-refractivity contribution in [1.29, 1.82) is 0 Å². The van der Waals surface area contributed by atoms with Crippen LogP contribution in [0.25, 0.3) is 5.76 Å². The zero-order valence-corrected chi connectivity index (χ0v) is 20.0. The van der Waals surface area contributed by atoms with Gasteiger partial charge in [0.05, 0.1) is 11.6 Å². The number of hydrogen-bond donors (Lipinski definition) is 1. The number of carbonyl (C=O) groups excluding carboxylic acids is 3. The van der Waals surface area contributed by atoms with E-state index in [0.29, 0.717) is 23.4 Å². The average molecular weight is 501 g/mol. The fraction of sp³-hybridized carbons (Fsp3) is 0.292. The van der Waals surface area contributed by atoms with Gasteiger partial charge in [-0.25, -0.2) is 0 Å². The molecule has 1 heterocycles. The Hall–Kier alpha value is -2.97. The molecule has 7 nitrogen and oxygen atoms in total. The molecule has 0 aliphatic carbocycles. The van der Waals surface area contributed by atoms with E-state index in [0.717, 1.165) is 10.0 Å². The first-order valence-electron chi connectivity index (χ1n) is 10.1. The number of aliphatic hydroxyl groups is 1. The summed E-state index contributed by atoms with van der Waals surface area (Å²) in [5.74, 6) is -1.84. The lowest BCUT2D eigenvalue weighted by Crippen LogP contribution is -2.35. The van der Waals surface area contributed by atoms with Crippen molar-refractivity contribution in [2.45, 2.75) is 19.9 Å². The molecular formula is C24H25BrN2O5. The van der Waals surface area contributed by atoms with Gasteiger partial charge in [0.1, 0.15) is 11.5 Å². The van der Waals surface area contributed by atoms with E-state index >= 15 is 0 Å². The molecule has 0 bridgehead atoms. The summed E-state index contributed by atoms with van der Waals surface area (Å²) < 4.78 is 6.06. The van der Waals surface area contributed by atoms with Gasteiger partial charge in [0.2, 0.25) is 0 Å². The van der Waals surface area contributed by atoms with E-state index in [1.807, 2.05) is 25.9 Å². The van der Waals surface area contributed by atoms with Gasteiger partial charge in [0.15, 0.2) is 0 Å². The quantitative estimate of drug-likeness (QED) is 0.214. The van der Waals surface area contributed by atoms with Crippen molar-refractivity contribution in [3.63, 3.8) is 0 Å². The van der Waals surface area contributed by atoms with Crippen LogP contribution in [0.2, 0.25) is 0 Å². The molecule has 1 saturated heterocycles. The van der Waals surface area contributed by atoms with Gasteiger partial charge in [-0.2, -0.15) is 0 Å². The zero-order valence-electron chi connectivity index (χ0n) is 18.4. The number of nitrogens with zero attached hydrogens (tertiary/aromatic N) is 2. The monoisotopic (exact) mass is 500 g/mol. The molecular weight excluding hydrogens is 476 g/mol. The van der Waals surface area contributed by atoms with Crippen LogP contribution in [0.5, 0.6) is 5.75 Å². The zero-order chi connectivity index (χ0) is 23.6. The van der Waals surface area contributed by atoms with E-state index in [-0.39, 0.29) is 17.9 Å². The Kier molecular flexibility index (Phi) is 7.16. The second-order valence-electron chi connectivity index (χ2n) is 7.93. The third-order valence-electron chi connectivity index (χ3n) is 5.19. The lowest BCUT2D eigenvalue weighted by molar-refractivity contribution is -0.140. The number of aliphatic hydroxyl groups excluding tert-OH is 1. The summed E-state index contributed by atoms with van der Waals surface area (Å²) in [6, 6.07) is 11.1. The van der Waals surface area contributed by atoms with Crippen LogP contribution in [-0.4, -0.2) is 59.8 Å². The summed E-state index contributed by atoms with van der Waals surface area (Å²) in [6.45, 7) is 3.99. The van der Waals surface area contributed by atoms with E-state index < -0.39 is 23.7 Å². The molecule has 8 heteroatoms. The van der Waals surface area contributed by atoms with Crippen molar-refractivity contribution < 1.29 is 24.2 Å². The van der Waals surface area contributed by atoms with Gasteiger partial charge >= 0.3 is 5.97 Å². The number of rotatable bonds is 6. The van der Waals surface area contributed by atoms with Gasteiger partial charge < -0.3 is 19.6 Å². The molecule has 3 rings (SSSR count). The fourth-order valence-electron chi connectivity index (χ4n) is 3.63. The molecule has 1 N–H and O–H groups in total. The molecule has 1 atom stereocenters. The number of amides is 1. The van der Waals surface area contributed by atoms with Gasteiger partial charge in [-0.15, -0.1) is 0 Å². The van der Waals surface area contributed by atoms with Crippen molar-refractivity contribution >= 4 is 39.3 Å². The van der Waals surface area contributed by atoms with Crippen LogP contribution in [-0.2, 0) is 14.4 Å². The number of halogens is 1. The first kappa shape index (κ1) is 23.7. The molecule has 32 heavy (non-hydrogen) atoms. The maximum absolute atomic E-state index is 13.1. The normalized spacial score (nSPS) is 17.8. The van der Waals surface area contributed by atoms with Crippen LogP contribution >= 0.6 is 15.9 Å². The van der Waals surface area contributed by atoms with E-state index in [2.05, 4.69) is 15.9 Å². The first-order valence-corrected chi connectivity index (χ1v) is 10.9. The molecule has 1 aliphatic heterocycles. The second-order valence-corrected chi connectivity index (χ2v) is 8.78. The van der Waals surface area contributed by atoms with Crippen LogP contribution in [0, 0.1) is 6.92 Å². The Bertz CT molecular complexity index is 1110. The summed E-state index contributed by atoms with van der Waals surface area (Å²) in [6.07, 6.45) is 0. The predicted molar refractivity (Wildman–Crippen MR) is 124 cm³/mol. The van der Waals surface area contributed by atoms with Crippen LogP contribution in [0.4, 0.5) is 0 Å². The average Bonchev–Trinajstić information content (AvgIpc) is 2.98. The van der Waals surface area contributed by atoms with Gasteiger partial charge in [-0.3, -0.25) is 14.4 Å². The van der Waals surface area contributed by atoms with E-state index in [1.165, 1.54) is 11.8 Å². The van der Waals surface area contributed by atoms with Gasteiger partial charge in [0, 0.05) is 30.0 Å². The Balaban J connectivity index is 2.17. The molecule has 0 aromatic heterocycles. The number of hydrogen-bond acceptors (Lipinski definition) is 6. The van der Waals surface area contributed by atoms with Crippen LogP contribution in [0.3, 0.4) is 0 Å². The predicted octanol–water partition coefficient (Wildman–Crippen LogP) is 3.67.